The van der Waals surface area contributed by atoms with Gasteiger partial charge in [0.05, 0.1) is 6.61 Å². The molecule has 2 N–H and O–H groups in total. The lowest BCUT2D eigenvalue weighted by Gasteiger charge is -2.13. The van der Waals surface area contributed by atoms with E-state index in [1.807, 2.05) is 48.8 Å². The third-order valence-electron chi connectivity index (χ3n) is 5.94. The average Bonchev–Trinajstić information content (AvgIpc) is 3.59. The molecule has 2 aromatic heterocycles. The van der Waals surface area contributed by atoms with Crippen LogP contribution in [0.3, 0.4) is 0 Å². The lowest BCUT2D eigenvalue weighted by atomic mass is 10.0. The fourth-order valence-electron chi connectivity index (χ4n) is 3.96. The van der Waals surface area contributed by atoms with Crippen LogP contribution in [0.1, 0.15) is 54.4 Å². The highest BCUT2D eigenvalue weighted by Gasteiger charge is 2.26. The van der Waals surface area contributed by atoms with Crippen molar-refractivity contribution < 1.29 is 9.53 Å². The van der Waals surface area contributed by atoms with Crippen LogP contribution in [0.5, 0.6) is 0 Å². The minimum Gasteiger partial charge on any atom is -0.462 e. The molecule has 0 bridgehead atoms. The summed E-state index contributed by atoms with van der Waals surface area (Å²) in [4.78, 5) is 20.7. The molecule has 5 nitrogen and oxygen atoms in total. The molecule has 5 heteroatoms. The third kappa shape index (κ3) is 4.24. The van der Waals surface area contributed by atoms with E-state index in [0.29, 0.717) is 23.9 Å². The second-order valence-electron chi connectivity index (χ2n) is 8.38. The molecule has 0 saturated heterocycles. The zero-order valence-electron chi connectivity index (χ0n) is 18.2. The molecule has 1 fully saturated rings. The predicted molar refractivity (Wildman–Crippen MR) is 128 cm³/mol. The Hall–Kier alpha value is -3.60. The van der Waals surface area contributed by atoms with E-state index >= 15 is 0 Å². The normalized spacial score (nSPS) is 13.3. The van der Waals surface area contributed by atoms with Crippen molar-refractivity contribution in [2.45, 2.75) is 38.5 Å². The number of esters is 1. The number of nitrogens with zero attached hydrogens (tertiary/aromatic N) is 1. The molecule has 5 rings (SSSR count). The number of H-pyrrole nitrogens is 1. The Morgan fingerprint density at radius 3 is 2.78 bits per heavy atom. The van der Waals surface area contributed by atoms with Gasteiger partial charge in [-0.3, -0.25) is 0 Å². The Labute approximate surface area is 187 Å². The number of benzene rings is 2. The first-order chi connectivity index (χ1) is 15.7. The molecular weight excluding hydrogens is 398 g/mol. The van der Waals surface area contributed by atoms with Gasteiger partial charge in [0.25, 0.3) is 0 Å². The molecular formula is C27H27N3O2. The lowest BCUT2D eigenvalue weighted by molar-refractivity contribution is 0.0500. The maximum absolute atomic E-state index is 12.8. The van der Waals surface area contributed by atoms with E-state index in [2.05, 4.69) is 40.4 Å². The van der Waals surface area contributed by atoms with E-state index in [0.717, 1.165) is 47.8 Å². The molecule has 2 aromatic carbocycles. The van der Waals surface area contributed by atoms with Gasteiger partial charge in [0.2, 0.25) is 0 Å². The number of rotatable bonds is 8. The van der Waals surface area contributed by atoms with Crippen LogP contribution >= 0.6 is 0 Å². The average molecular weight is 426 g/mol. The van der Waals surface area contributed by atoms with Crippen molar-refractivity contribution in [2.75, 3.05) is 11.9 Å². The molecule has 1 aliphatic carbocycles. The van der Waals surface area contributed by atoms with E-state index in [4.69, 9.17) is 4.74 Å². The number of carbonyl (C=O) groups excluding carboxylic acids is 1. The van der Waals surface area contributed by atoms with Gasteiger partial charge in [0, 0.05) is 34.5 Å². The quantitative estimate of drug-likeness (QED) is 0.240. The molecule has 0 radical (unpaired) electrons. The summed E-state index contributed by atoms with van der Waals surface area (Å²) in [7, 11) is 0. The van der Waals surface area contributed by atoms with Crippen molar-refractivity contribution in [1.29, 1.82) is 0 Å². The number of aromatic amines is 1. The monoisotopic (exact) mass is 425 g/mol. The van der Waals surface area contributed by atoms with Gasteiger partial charge >= 0.3 is 5.97 Å². The number of hydrogen-bond donors (Lipinski definition) is 2. The van der Waals surface area contributed by atoms with Crippen LogP contribution in [0, 0.1) is 0 Å². The fourth-order valence-corrected chi connectivity index (χ4v) is 3.96. The first-order valence-electron chi connectivity index (χ1n) is 11.3. The lowest BCUT2D eigenvalue weighted by Crippen LogP contribution is -2.11. The maximum Gasteiger partial charge on any atom is 0.341 e. The first kappa shape index (κ1) is 20.3. The summed E-state index contributed by atoms with van der Waals surface area (Å²) < 4.78 is 5.50. The van der Waals surface area contributed by atoms with E-state index in [1.165, 1.54) is 11.1 Å². The number of aromatic nitrogens is 2. The van der Waals surface area contributed by atoms with E-state index in [9.17, 15) is 4.79 Å². The number of hydrogen-bond acceptors (Lipinski definition) is 4. The minimum absolute atomic E-state index is 0.316. The number of fused-ring (bicyclic) bond motifs is 1. The molecule has 0 spiro atoms. The maximum atomic E-state index is 12.8. The van der Waals surface area contributed by atoms with Gasteiger partial charge in [0.15, 0.2) is 0 Å². The van der Waals surface area contributed by atoms with Gasteiger partial charge in [0.1, 0.15) is 11.4 Å². The fraction of sp³-hybridized carbons (Fsp3) is 0.259. The van der Waals surface area contributed by atoms with Crippen molar-refractivity contribution in [1.82, 2.24) is 9.97 Å². The Morgan fingerprint density at radius 1 is 1.16 bits per heavy atom. The Balaban J connectivity index is 1.43. The van der Waals surface area contributed by atoms with Crippen LogP contribution in [-0.4, -0.2) is 22.5 Å². The molecule has 4 aromatic rings. The number of nitrogens with one attached hydrogen (secondary N) is 2. The number of carbonyl (C=O) groups is 1. The number of unbranched alkanes of at least 4 members (excludes halogenated alkanes) is 1. The standard InChI is InChI=1S/C27H27N3O2/c1-2-3-13-32-27(31)23-14-20(18-9-10-18)16-29-26(23)30-21-11-12-22-24(17-28-25(22)15-21)19-7-5-4-6-8-19/h4-8,11-12,14-18,28H,2-3,9-10,13H2,1H3,(H,29,30). The van der Waals surface area contributed by atoms with Gasteiger partial charge in [-0.2, -0.15) is 0 Å². The molecule has 0 aliphatic heterocycles. The third-order valence-corrected chi connectivity index (χ3v) is 5.94. The van der Waals surface area contributed by atoms with E-state index in [-0.39, 0.29) is 5.97 Å². The molecule has 0 amide bonds. The van der Waals surface area contributed by atoms with E-state index in [1.54, 1.807) is 0 Å². The summed E-state index contributed by atoms with van der Waals surface area (Å²) in [6, 6.07) is 18.4. The largest absolute Gasteiger partial charge is 0.462 e. The SMILES string of the molecule is CCCCOC(=O)c1cc(C2CC2)cnc1Nc1ccc2c(-c3ccccc3)c[nH]c2c1. The topological polar surface area (TPSA) is 67.0 Å². The number of ether oxygens (including phenoxy) is 1. The van der Waals surface area contributed by atoms with Gasteiger partial charge in [-0.15, -0.1) is 0 Å². The highest BCUT2D eigenvalue weighted by atomic mass is 16.5. The van der Waals surface area contributed by atoms with Crippen molar-refractivity contribution in [3.05, 3.63) is 78.1 Å². The Kier molecular flexibility index (Phi) is 5.63. The molecule has 1 aliphatic rings. The summed E-state index contributed by atoms with van der Waals surface area (Å²) in [6.45, 7) is 2.51. The van der Waals surface area contributed by atoms with Gasteiger partial charge in [-0.25, -0.2) is 9.78 Å². The van der Waals surface area contributed by atoms with Gasteiger partial charge in [-0.05, 0) is 54.5 Å². The molecule has 162 valence electrons. The molecule has 2 heterocycles. The number of pyridine rings is 1. The highest BCUT2D eigenvalue weighted by molar-refractivity contribution is 5.98. The van der Waals surface area contributed by atoms with Crippen molar-refractivity contribution >= 4 is 28.4 Å². The summed E-state index contributed by atoms with van der Waals surface area (Å²) in [5.41, 5.74) is 5.85. The number of anilines is 2. The smallest absolute Gasteiger partial charge is 0.341 e. The Morgan fingerprint density at radius 2 is 2.00 bits per heavy atom. The summed E-state index contributed by atoms with van der Waals surface area (Å²) in [5.74, 6) is 0.735. The first-order valence-corrected chi connectivity index (χ1v) is 11.3. The van der Waals surface area contributed by atoms with Gasteiger partial charge < -0.3 is 15.0 Å². The van der Waals surface area contributed by atoms with Crippen LogP contribution in [0.15, 0.2) is 67.0 Å². The summed E-state index contributed by atoms with van der Waals surface area (Å²) >= 11 is 0. The molecule has 32 heavy (non-hydrogen) atoms. The van der Waals surface area contributed by atoms with Crippen molar-refractivity contribution in [2.24, 2.45) is 0 Å². The Bertz CT molecular complexity index is 1240. The zero-order valence-corrected chi connectivity index (χ0v) is 18.2. The summed E-state index contributed by atoms with van der Waals surface area (Å²) in [5, 5.41) is 4.49. The second kappa shape index (κ2) is 8.87. The van der Waals surface area contributed by atoms with Crippen LogP contribution in [0.2, 0.25) is 0 Å². The summed E-state index contributed by atoms with van der Waals surface area (Å²) in [6.07, 6.45) is 8.07. The highest BCUT2D eigenvalue weighted by Crippen LogP contribution is 2.41. The molecule has 0 unspecified atom stereocenters. The van der Waals surface area contributed by atoms with Crippen molar-refractivity contribution in [3.63, 3.8) is 0 Å². The predicted octanol–water partition coefficient (Wildman–Crippen LogP) is 6.81. The van der Waals surface area contributed by atoms with Crippen LogP contribution in [0.25, 0.3) is 22.0 Å². The van der Waals surface area contributed by atoms with Crippen LogP contribution in [0.4, 0.5) is 11.5 Å². The molecule has 0 atom stereocenters. The van der Waals surface area contributed by atoms with E-state index < -0.39 is 0 Å². The van der Waals surface area contributed by atoms with Gasteiger partial charge in [-0.1, -0.05) is 49.7 Å². The minimum atomic E-state index is -0.316. The van der Waals surface area contributed by atoms with Crippen LogP contribution < -0.4 is 5.32 Å². The molecule has 1 saturated carbocycles. The van der Waals surface area contributed by atoms with Crippen molar-refractivity contribution in [3.8, 4) is 11.1 Å². The second-order valence-corrected chi connectivity index (χ2v) is 8.38. The van der Waals surface area contributed by atoms with Crippen LogP contribution in [-0.2, 0) is 4.74 Å². The zero-order chi connectivity index (χ0) is 21.9.